The van der Waals surface area contributed by atoms with Crippen LogP contribution in [0.2, 0.25) is 0 Å². The Hall–Kier alpha value is -0.870. The molecule has 0 radical (unpaired) electrons. The third kappa shape index (κ3) is 3.82. The lowest BCUT2D eigenvalue weighted by Gasteiger charge is -2.21. The first-order chi connectivity index (χ1) is 8.25. The van der Waals surface area contributed by atoms with Crippen LogP contribution in [0.25, 0.3) is 0 Å². The van der Waals surface area contributed by atoms with E-state index in [1.807, 2.05) is 11.8 Å². The highest BCUT2D eigenvalue weighted by Gasteiger charge is 2.13. The van der Waals surface area contributed by atoms with Crippen molar-refractivity contribution in [3.8, 4) is 11.5 Å². The normalized spacial score (nSPS) is 17.2. The number of benzene rings is 1. The third-order valence-electron chi connectivity index (χ3n) is 3.16. The van der Waals surface area contributed by atoms with E-state index in [1.165, 1.54) is 30.4 Å². The van der Waals surface area contributed by atoms with Crippen LogP contribution in [0.5, 0.6) is 11.5 Å². The molecule has 1 aliphatic rings. The second-order valence-electron chi connectivity index (χ2n) is 4.50. The Bertz CT molecular complexity index is 364. The zero-order valence-corrected chi connectivity index (χ0v) is 10.7. The molecular formula is C13H19NO2S. The summed E-state index contributed by atoms with van der Waals surface area (Å²) >= 11 is 2.04. The van der Waals surface area contributed by atoms with Crippen LogP contribution in [0.15, 0.2) is 18.2 Å². The van der Waals surface area contributed by atoms with Crippen LogP contribution < -0.4 is 5.32 Å². The van der Waals surface area contributed by atoms with Crippen LogP contribution in [-0.4, -0.2) is 28.3 Å². The molecule has 4 heteroatoms. The quantitative estimate of drug-likeness (QED) is 0.771. The molecule has 0 spiro atoms. The molecule has 1 heterocycles. The molecule has 1 aromatic rings. The fourth-order valence-electron chi connectivity index (χ4n) is 2.06. The molecule has 0 aliphatic carbocycles. The summed E-state index contributed by atoms with van der Waals surface area (Å²) in [6.45, 7) is 1.68. The Morgan fingerprint density at radius 2 is 2.00 bits per heavy atom. The Morgan fingerprint density at radius 3 is 2.71 bits per heavy atom. The van der Waals surface area contributed by atoms with Crippen LogP contribution in [0, 0.1) is 5.92 Å². The number of phenolic OH excluding ortho intramolecular Hbond substituents is 2. The molecule has 0 atom stereocenters. The Kier molecular flexibility index (Phi) is 4.57. The van der Waals surface area contributed by atoms with E-state index in [0.29, 0.717) is 6.54 Å². The molecule has 1 saturated heterocycles. The fraction of sp³-hybridized carbons (Fsp3) is 0.538. The van der Waals surface area contributed by atoms with Crippen molar-refractivity contribution in [2.75, 3.05) is 18.1 Å². The minimum absolute atomic E-state index is 0.107. The van der Waals surface area contributed by atoms with Gasteiger partial charge in [0.25, 0.3) is 0 Å². The standard InChI is InChI=1S/C13H19NO2S/c15-12-2-1-11(13(16)7-12)9-14-8-10-3-5-17-6-4-10/h1-2,7,10,14-16H,3-6,8-9H2. The maximum Gasteiger partial charge on any atom is 0.123 e. The molecule has 3 N–H and O–H groups in total. The number of hydrogen-bond acceptors (Lipinski definition) is 4. The lowest BCUT2D eigenvalue weighted by atomic mass is 10.0. The van der Waals surface area contributed by atoms with Gasteiger partial charge in [0.1, 0.15) is 11.5 Å². The second kappa shape index (κ2) is 6.17. The van der Waals surface area contributed by atoms with Crippen molar-refractivity contribution < 1.29 is 10.2 Å². The first-order valence-corrected chi connectivity index (χ1v) is 7.20. The number of nitrogens with one attached hydrogen (secondary N) is 1. The number of phenols is 2. The number of rotatable bonds is 4. The Labute approximate surface area is 106 Å². The molecule has 1 fully saturated rings. The summed E-state index contributed by atoms with van der Waals surface area (Å²) < 4.78 is 0. The molecule has 0 aromatic heterocycles. The first-order valence-electron chi connectivity index (χ1n) is 6.05. The molecule has 0 amide bonds. The van der Waals surface area contributed by atoms with Gasteiger partial charge in [-0.25, -0.2) is 0 Å². The minimum Gasteiger partial charge on any atom is -0.508 e. The van der Waals surface area contributed by atoms with Crippen molar-refractivity contribution in [2.24, 2.45) is 5.92 Å². The molecule has 3 nitrogen and oxygen atoms in total. The molecule has 1 aliphatic heterocycles. The van der Waals surface area contributed by atoms with E-state index < -0.39 is 0 Å². The van der Waals surface area contributed by atoms with Crippen molar-refractivity contribution in [2.45, 2.75) is 19.4 Å². The number of hydrogen-bond donors (Lipinski definition) is 3. The van der Waals surface area contributed by atoms with Gasteiger partial charge in [0.2, 0.25) is 0 Å². The first kappa shape index (κ1) is 12.6. The SMILES string of the molecule is Oc1ccc(CNCC2CCSCC2)c(O)c1. The van der Waals surface area contributed by atoms with Crippen LogP contribution >= 0.6 is 11.8 Å². The predicted octanol–water partition coefficient (Wildman–Crippen LogP) is 2.33. The topological polar surface area (TPSA) is 52.5 Å². The molecule has 17 heavy (non-hydrogen) atoms. The smallest absolute Gasteiger partial charge is 0.123 e. The van der Waals surface area contributed by atoms with Gasteiger partial charge < -0.3 is 15.5 Å². The second-order valence-corrected chi connectivity index (χ2v) is 5.72. The highest BCUT2D eigenvalue weighted by atomic mass is 32.2. The van der Waals surface area contributed by atoms with E-state index in [1.54, 1.807) is 12.1 Å². The lowest BCUT2D eigenvalue weighted by Crippen LogP contribution is -2.25. The van der Waals surface area contributed by atoms with Crippen LogP contribution in [0.1, 0.15) is 18.4 Å². The maximum absolute atomic E-state index is 9.62. The molecule has 0 saturated carbocycles. The van der Waals surface area contributed by atoms with Gasteiger partial charge in [-0.05, 0) is 42.9 Å². The lowest BCUT2D eigenvalue weighted by molar-refractivity contribution is 0.429. The summed E-state index contributed by atoms with van der Waals surface area (Å²) in [6, 6.07) is 4.75. The molecule has 0 unspecified atom stereocenters. The van der Waals surface area contributed by atoms with Crippen LogP contribution in [0.4, 0.5) is 0 Å². The van der Waals surface area contributed by atoms with E-state index in [2.05, 4.69) is 5.32 Å². The molecule has 1 aromatic carbocycles. The molecule has 0 bridgehead atoms. The van der Waals surface area contributed by atoms with Crippen molar-refractivity contribution in [3.05, 3.63) is 23.8 Å². The summed E-state index contributed by atoms with van der Waals surface area (Å²) in [4.78, 5) is 0. The average molecular weight is 253 g/mol. The minimum atomic E-state index is 0.107. The van der Waals surface area contributed by atoms with E-state index in [4.69, 9.17) is 0 Å². The molecule has 94 valence electrons. The maximum atomic E-state index is 9.62. The van der Waals surface area contributed by atoms with Gasteiger partial charge in [-0.3, -0.25) is 0 Å². The zero-order valence-electron chi connectivity index (χ0n) is 9.85. The van der Waals surface area contributed by atoms with E-state index >= 15 is 0 Å². The van der Waals surface area contributed by atoms with Crippen molar-refractivity contribution in [1.82, 2.24) is 5.32 Å². The summed E-state index contributed by atoms with van der Waals surface area (Å²) in [5.41, 5.74) is 0.841. The summed E-state index contributed by atoms with van der Waals surface area (Å²) in [6.07, 6.45) is 2.58. The zero-order chi connectivity index (χ0) is 12.1. The van der Waals surface area contributed by atoms with Crippen molar-refractivity contribution >= 4 is 11.8 Å². The van der Waals surface area contributed by atoms with Gasteiger partial charge >= 0.3 is 0 Å². The van der Waals surface area contributed by atoms with Gasteiger partial charge in [-0.2, -0.15) is 11.8 Å². The van der Waals surface area contributed by atoms with Gasteiger partial charge in [-0.15, -0.1) is 0 Å². The van der Waals surface area contributed by atoms with Crippen LogP contribution in [-0.2, 0) is 6.54 Å². The van der Waals surface area contributed by atoms with E-state index in [-0.39, 0.29) is 11.5 Å². The number of aromatic hydroxyl groups is 2. The summed E-state index contributed by atoms with van der Waals surface area (Å²) in [5.74, 6) is 3.59. The largest absolute Gasteiger partial charge is 0.508 e. The monoisotopic (exact) mass is 253 g/mol. The van der Waals surface area contributed by atoms with Gasteiger partial charge in [0, 0.05) is 18.2 Å². The fourth-order valence-corrected chi connectivity index (χ4v) is 3.27. The van der Waals surface area contributed by atoms with Gasteiger partial charge in [0.15, 0.2) is 0 Å². The van der Waals surface area contributed by atoms with Crippen molar-refractivity contribution in [1.29, 1.82) is 0 Å². The highest BCUT2D eigenvalue weighted by Crippen LogP contribution is 2.24. The van der Waals surface area contributed by atoms with E-state index in [9.17, 15) is 10.2 Å². The number of thioether (sulfide) groups is 1. The highest BCUT2D eigenvalue weighted by molar-refractivity contribution is 7.99. The average Bonchev–Trinajstić information content (AvgIpc) is 2.33. The Morgan fingerprint density at radius 1 is 1.24 bits per heavy atom. The van der Waals surface area contributed by atoms with Crippen molar-refractivity contribution in [3.63, 3.8) is 0 Å². The van der Waals surface area contributed by atoms with Crippen LogP contribution in [0.3, 0.4) is 0 Å². The third-order valence-corrected chi connectivity index (χ3v) is 4.21. The predicted molar refractivity (Wildman–Crippen MR) is 71.5 cm³/mol. The summed E-state index contributed by atoms with van der Waals surface area (Å²) in [5, 5.41) is 22.2. The van der Waals surface area contributed by atoms with E-state index in [0.717, 1.165) is 18.0 Å². The Balaban J connectivity index is 1.77. The molecule has 2 rings (SSSR count). The molecular weight excluding hydrogens is 234 g/mol. The van der Waals surface area contributed by atoms with Gasteiger partial charge in [-0.1, -0.05) is 6.07 Å². The van der Waals surface area contributed by atoms with Gasteiger partial charge in [0.05, 0.1) is 0 Å². The summed E-state index contributed by atoms with van der Waals surface area (Å²) in [7, 11) is 0.